The third-order valence-corrected chi connectivity index (χ3v) is 6.19. The molecule has 0 heterocycles. The van der Waals surface area contributed by atoms with Crippen LogP contribution in [0.3, 0.4) is 0 Å². The molecule has 122 valence electrons. The number of fused-ring (bicyclic) bond motifs is 2. The van der Waals surface area contributed by atoms with Gasteiger partial charge in [-0.25, -0.2) is 0 Å². The molecule has 0 bridgehead atoms. The van der Waals surface area contributed by atoms with Crippen molar-refractivity contribution in [1.29, 1.82) is 0 Å². The molecular weight excluding hydrogens is 272 g/mol. The highest BCUT2D eigenvalue weighted by atomic mass is 16.3. The molecule has 0 aromatic heterocycles. The summed E-state index contributed by atoms with van der Waals surface area (Å²) < 4.78 is 0. The summed E-state index contributed by atoms with van der Waals surface area (Å²) in [5.74, 6) is 1.08. The highest BCUT2D eigenvalue weighted by molar-refractivity contribution is 5.45. The summed E-state index contributed by atoms with van der Waals surface area (Å²) >= 11 is 0. The van der Waals surface area contributed by atoms with Gasteiger partial charge < -0.3 is 10.2 Å². The van der Waals surface area contributed by atoms with Gasteiger partial charge in [-0.05, 0) is 65.7 Å². The van der Waals surface area contributed by atoms with Crippen LogP contribution in [0.4, 0.5) is 0 Å². The van der Waals surface area contributed by atoms with Crippen molar-refractivity contribution in [2.75, 3.05) is 0 Å². The number of phenolic OH excluding ortho intramolecular Hbond substituents is 1. The lowest BCUT2D eigenvalue weighted by atomic mass is 9.59. The maximum atomic E-state index is 11.3. The normalized spacial score (nSPS) is 30.5. The number of aliphatic hydroxyl groups is 1. The Hall–Kier alpha value is -1.02. The molecule has 2 atom stereocenters. The van der Waals surface area contributed by atoms with Crippen LogP contribution in [0, 0.1) is 11.3 Å². The van der Waals surface area contributed by atoms with Crippen LogP contribution in [-0.4, -0.2) is 15.8 Å². The fourth-order valence-corrected chi connectivity index (χ4v) is 4.98. The first-order valence-electron chi connectivity index (χ1n) is 8.80. The van der Waals surface area contributed by atoms with Crippen molar-refractivity contribution in [2.45, 2.75) is 77.7 Å². The Labute approximate surface area is 134 Å². The zero-order valence-electron chi connectivity index (χ0n) is 14.4. The van der Waals surface area contributed by atoms with E-state index in [-0.39, 0.29) is 5.41 Å². The van der Waals surface area contributed by atoms with Gasteiger partial charge in [0.2, 0.25) is 0 Å². The molecule has 0 radical (unpaired) electrons. The van der Waals surface area contributed by atoms with Gasteiger partial charge in [-0.2, -0.15) is 0 Å². The molecule has 0 saturated heterocycles. The summed E-state index contributed by atoms with van der Waals surface area (Å²) in [6, 6.07) is 4.11. The summed E-state index contributed by atoms with van der Waals surface area (Å²) in [4.78, 5) is 0. The lowest BCUT2D eigenvalue weighted by Gasteiger charge is -2.49. The number of rotatable bonds is 1. The second-order valence-electron chi connectivity index (χ2n) is 8.55. The average Bonchev–Trinajstić information content (AvgIpc) is 2.53. The third kappa shape index (κ3) is 2.56. The zero-order valence-corrected chi connectivity index (χ0v) is 14.4. The standard InChI is InChI=1S/C20H30O2/c1-13(2)16-10-14-6-7-18-19(3,4)8-5-9-20(18,22)12-15(14)11-17(16)21/h10-11,13,18,21-22H,5-9,12H2,1-4H3/t18?,20-/m0/s1. The minimum atomic E-state index is -0.598. The number of hydrogen-bond acceptors (Lipinski definition) is 2. The highest BCUT2D eigenvalue weighted by Crippen LogP contribution is 2.51. The van der Waals surface area contributed by atoms with E-state index in [1.165, 1.54) is 12.0 Å². The minimum absolute atomic E-state index is 0.206. The van der Waals surface area contributed by atoms with Gasteiger partial charge in [-0.3, -0.25) is 0 Å². The van der Waals surface area contributed by atoms with E-state index in [1.807, 2.05) is 6.07 Å². The number of hydrogen-bond donors (Lipinski definition) is 2. The van der Waals surface area contributed by atoms with Gasteiger partial charge in [0.15, 0.2) is 0 Å². The van der Waals surface area contributed by atoms with Crippen LogP contribution in [0.15, 0.2) is 12.1 Å². The van der Waals surface area contributed by atoms with E-state index in [1.54, 1.807) is 0 Å². The molecule has 1 saturated carbocycles. The van der Waals surface area contributed by atoms with Crippen molar-refractivity contribution < 1.29 is 10.2 Å². The van der Waals surface area contributed by atoms with Gasteiger partial charge in [-0.15, -0.1) is 0 Å². The molecule has 2 nitrogen and oxygen atoms in total. The summed E-state index contributed by atoms with van der Waals surface area (Å²) in [6.07, 6.45) is 5.98. The molecular formula is C20H30O2. The Bertz CT molecular complexity index is 573. The second kappa shape index (κ2) is 5.26. The number of aryl methyl sites for hydroxylation is 1. The van der Waals surface area contributed by atoms with Crippen molar-refractivity contribution in [3.63, 3.8) is 0 Å². The molecule has 22 heavy (non-hydrogen) atoms. The molecule has 3 rings (SSSR count). The first-order chi connectivity index (χ1) is 10.2. The Balaban J connectivity index is 2.02. The van der Waals surface area contributed by atoms with Crippen molar-refractivity contribution in [3.05, 3.63) is 28.8 Å². The first-order valence-corrected chi connectivity index (χ1v) is 8.80. The Morgan fingerprint density at radius 2 is 1.86 bits per heavy atom. The number of phenols is 1. The highest BCUT2D eigenvalue weighted by Gasteiger charge is 2.49. The molecule has 2 heteroatoms. The lowest BCUT2D eigenvalue weighted by molar-refractivity contribution is -0.102. The van der Waals surface area contributed by atoms with E-state index in [0.29, 0.717) is 24.0 Å². The number of benzene rings is 1. The molecule has 0 aliphatic heterocycles. The average molecular weight is 302 g/mol. The van der Waals surface area contributed by atoms with Crippen molar-refractivity contribution in [1.82, 2.24) is 0 Å². The predicted molar refractivity (Wildman–Crippen MR) is 90.3 cm³/mol. The van der Waals surface area contributed by atoms with Gasteiger partial charge in [-0.1, -0.05) is 40.2 Å². The lowest BCUT2D eigenvalue weighted by Crippen LogP contribution is -2.49. The smallest absolute Gasteiger partial charge is 0.119 e. The van der Waals surface area contributed by atoms with Gasteiger partial charge in [0.25, 0.3) is 0 Å². The van der Waals surface area contributed by atoms with Crippen LogP contribution in [0.25, 0.3) is 0 Å². The summed E-state index contributed by atoms with van der Waals surface area (Å²) in [5, 5.41) is 21.7. The summed E-state index contributed by atoms with van der Waals surface area (Å²) in [5.41, 5.74) is 3.14. The molecule has 0 spiro atoms. The van der Waals surface area contributed by atoms with E-state index in [9.17, 15) is 10.2 Å². The van der Waals surface area contributed by atoms with Crippen LogP contribution in [0.2, 0.25) is 0 Å². The van der Waals surface area contributed by atoms with E-state index in [0.717, 1.165) is 36.8 Å². The largest absolute Gasteiger partial charge is 0.508 e. The van der Waals surface area contributed by atoms with E-state index in [2.05, 4.69) is 33.8 Å². The van der Waals surface area contributed by atoms with Gasteiger partial charge in [0.05, 0.1) is 5.60 Å². The maximum absolute atomic E-state index is 11.3. The fraction of sp³-hybridized carbons (Fsp3) is 0.700. The molecule has 0 amide bonds. The topological polar surface area (TPSA) is 40.5 Å². The Morgan fingerprint density at radius 3 is 2.55 bits per heavy atom. The predicted octanol–water partition coefficient (Wildman–Crippen LogP) is 4.56. The van der Waals surface area contributed by atoms with E-state index < -0.39 is 5.60 Å². The van der Waals surface area contributed by atoms with Crippen molar-refractivity contribution in [3.8, 4) is 5.75 Å². The zero-order chi connectivity index (χ0) is 16.1. The van der Waals surface area contributed by atoms with Gasteiger partial charge in [0, 0.05) is 6.42 Å². The van der Waals surface area contributed by atoms with E-state index in [4.69, 9.17) is 0 Å². The molecule has 1 aromatic rings. The van der Waals surface area contributed by atoms with Crippen molar-refractivity contribution >= 4 is 0 Å². The third-order valence-electron chi connectivity index (χ3n) is 6.19. The molecule has 2 aliphatic rings. The van der Waals surface area contributed by atoms with Crippen LogP contribution in [0.5, 0.6) is 5.75 Å². The Morgan fingerprint density at radius 1 is 1.14 bits per heavy atom. The van der Waals surface area contributed by atoms with Gasteiger partial charge in [0.1, 0.15) is 5.75 Å². The molecule has 2 N–H and O–H groups in total. The fourth-order valence-electron chi connectivity index (χ4n) is 4.98. The Kier molecular flexibility index (Phi) is 3.79. The minimum Gasteiger partial charge on any atom is -0.508 e. The van der Waals surface area contributed by atoms with Crippen LogP contribution >= 0.6 is 0 Å². The summed E-state index contributed by atoms with van der Waals surface area (Å²) in [7, 11) is 0. The van der Waals surface area contributed by atoms with Crippen LogP contribution < -0.4 is 0 Å². The maximum Gasteiger partial charge on any atom is 0.119 e. The number of aromatic hydroxyl groups is 1. The van der Waals surface area contributed by atoms with Crippen LogP contribution in [-0.2, 0) is 12.8 Å². The van der Waals surface area contributed by atoms with E-state index >= 15 is 0 Å². The quantitative estimate of drug-likeness (QED) is 0.798. The van der Waals surface area contributed by atoms with Crippen molar-refractivity contribution in [2.24, 2.45) is 11.3 Å². The molecule has 1 unspecified atom stereocenters. The van der Waals surface area contributed by atoms with Gasteiger partial charge >= 0.3 is 0 Å². The molecule has 1 fully saturated rings. The monoisotopic (exact) mass is 302 g/mol. The molecule has 1 aromatic carbocycles. The molecule has 2 aliphatic carbocycles. The first kappa shape index (κ1) is 15.9. The second-order valence-corrected chi connectivity index (χ2v) is 8.55. The summed E-state index contributed by atoms with van der Waals surface area (Å²) in [6.45, 7) is 8.87. The van der Waals surface area contributed by atoms with Crippen LogP contribution in [0.1, 0.15) is 76.0 Å². The SMILES string of the molecule is CC(C)c1cc2c(cc1O)C[C@@]1(O)CCCC(C)(C)C1CC2.